The van der Waals surface area contributed by atoms with Crippen molar-refractivity contribution in [2.75, 3.05) is 6.61 Å². The second-order valence-electron chi connectivity index (χ2n) is 5.08. The van der Waals surface area contributed by atoms with Crippen molar-refractivity contribution in [1.29, 1.82) is 5.26 Å². The van der Waals surface area contributed by atoms with Crippen molar-refractivity contribution in [2.45, 2.75) is 0 Å². The first-order valence-corrected chi connectivity index (χ1v) is 8.00. The van der Waals surface area contributed by atoms with E-state index in [0.717, 1.165) is 11.0 Å². The van der Waals surface area contributed by atoms with Crippen LogP contribution in [0, 0.1) is 23.7 Å². The molecule has 3 rings (SSSR count). The van der Waals surface area contributed by atoms with Gasteiger partial charge in [-0.05, 0) is 35.9 Å². The fourth-order valence-electron chi connectivity index (χ4n) is 2.32. The van der Waals surface area contributed by atoms with Crippen LogP contribution in [0.1, 0.15) is 11.4 Å². The summed E-state index contributed by atoms with van der Waals surface area (Å²) in [7, 11) is 0. The summed E-state index contributed by atoms with van der Waals surface area (Å²) in [5.41, 5.74) is 2.65. The lowest BCUT2D eigenvalue weighted by molar-refractivity contribution is 0.371. The van der Waals surface area contributed by atoms with Gasteiger partial charge < -0.3 is 9.72 Å². The molecular weight excluding hydrogens is 357 g/mol. The van der Waals surface area contributed by atoms with Gasteiger partial charge in [-0.2, -0.15) is 5.26 Å². The minimum atomic E-state index is 0.0665. The predicted octanol–water partition coefficient (Wildman–Crippen LogP) is 4.95. The Morgan fingerprint density at radius 2 is 2.00 bits per heavy atom. The Morgan fingerprint density at radius 3 is 2.64 bits per heavy atom. The number of hydrogen-bond donors (Lipinski definition) is 1. The number of hydrogen-bond acceptors (Lipinski definition) is 3. The molecule has 0 unspecified atom stereocenters. The Balaban J connectivity index is 2.00. The van der Waals surface area contributed by atoms with E-state index in [9.17, 15) is 5.26 Å². The number of benzene rings is 2. The van der Waals surface area contributed by atoms with E-state index in [-0.39, 0.29) is 6.61 Å². The summed E-state index contributed by atoms with van der Waals surface area (Å²) in [6.07, 6.45) is 6.82. The van der Waals surface area contributed by atoms with Crippen LogP contribution in [0.25, 0.3) is 22.7 Å². The summed E-state index contributed by atoms with van der Waals surface area (Å²) in [5.74, 6) is 3.15. The third-order valence-electron chi connectivity index (χ3n) is 3.40. The first-order chi connectivity index (χ1) is 12.1. The molecular formula is C19H11Cl2N3O. The highest BCUT2D eigenvalue weighted by atomic mass is 35.5. The number of nitrogens with one attached hydrogen (secondary N) is 1. The number of H-pyrrole nitrogens is 1. The number of aromatic amines is 1. The molecule has 0 spiro atoms. The van der Waals surface area contributed by atoms with E-state index in [4.69, 9.17) is 34.4 Å². The van der Waals surface area contributed by atoms with Gasteiger partial charge in [0.1, 0.15) is 18.5 Å². The van der Waals surface area contributed by atoms with Crippen LogP contribution in [0.2, 0.25) is 10.0 Å². The normalized spacial score (nSPS) is 11.1. The van der Waals surface area contributed by atoms with E-state index >= 15 is 0 Å². The minimum Gasteiger partial charge on any atom is -0.478 e. The van der Waals surface area contributed by atoms with Gasteiger partial charge in [0.05, 0.1) is 26.7 Å². The summed E-state index contributed by atoms with van der Waals surface area (Å²) < 4.78 is 5.32. The lowest BCUT2D eigenvalue weighted by Gasteiger charge is -2.08. The number of nitriles is 1. The molecule has 1 heterocycles. The highest BCUT2D eigenvalue weighted by Crippen LogP contribution is 2.35. The zero-order valence-corrected chi connectivity index (χ0v) is 14.4. The summed E-state index contributed by atoms with van der Waals surface area (Å²) in [6, 6.07) is 13.0. The molecule has 0 aliphatic rings. The molecule has 0 aliphatic heterocycles. The van der Waals surface area contributed by atoms with Crippen LogP contribution in [0.15, 0.2) is 36.4 Å². The van der Waals surface area contributed by atoms with Gasteiger partial charge in [-0.1, -0.05) is 41.3 Å². The molecule has 2 aromatic carbocycles. The molecule has 1 N–H and O–H groups in total. The van der Waals surface area contributed by atoms with Crippen LogP contribution in [-0.4, -0.2) is 16.6 Å². The summed E-state index contributed by atoms with van der Waals surface area (Å²) >= 11 is 12.4. The second-order valence-corrected chi connectivity index (χ2v) is 5.89. The van der Waals surface area contributed by atoms with Crippen LogP contribution in [0.3, 0.4) is 0 Å². The Kier molecular flexibility index (Phi) is 4.95. The molecule has 0 saturated heterocycles. The third kappa shape index (κ3) is 3.61. The number of para-hydroxylation sites is 2. The van der Waals surface area contributed by atoms with Crippen LogP contribution in [-0.2, 0) is 0 Å². The molecule has 3 aromatic rings. The van der Waals surface area contributed by atoms with Crippen LogP contribution >= 0.6 is 23.2 Å². The number of rotatable bonds is 4. The molecule has 1 aromatic heterocycles. The van der Waals surface area contributed by atoms with Gasteiger partial charge >= 0.3 is 0 Å². The Morgan fingerprint density at radius 1 is 1.28 bits per heavy atom. The van der Waals surface area contributed by atoms with Crippen molar-refractivity contribution >= 4 is 45.9 Å². The smallest absolute Gasteiger partial charge is 0.157 e. The quantitative estimate of drug-likeness (QED) is 0.524. The van der Waals surface area contributed by atoms with Gasteiger partial charge in [0.2, 0.25) is 0 Å². The number of allylic oxidation sites excluding steroid dienone is 1. The van der Waals surface area contributed by atoms with Crippen molar-refractivity contribution in [2.24, 2.45) is 0 Å². The molecule has 0 radical (unpaired) electrons. The number of nitrogens with zero attached hydrogens (tertiary/aromatic N) is 2. The summed E-state index contributed by atoms with van der Waals surface area (Å²) in [4.78, 5) is 7.54. The van der Waals surface area contributed by atoms with Crippen molar-refractivity contribution in [3.8, 4) is 24.2 Å². The number of imidazole rings is 1. The van der Waals surface area contributed by atoms with Gasteiger partial charge in [-0.15, -0.1) is 6.42 Å². The maximum atomic E-state index is 9.48. The molecule has 0 saturated carbocycles. The Hall–Kier alpha value is -2.92. The largest absolute Gasteiger partial charge is 0.478 e. The molecule has 6 heteroatoms. The fourth-order valence-corrected chi connectivity index (χ4v) is 2.93. The van der Waals surface area contributed by atoms with Crippen molar-refractivity contribution in [3.63, 3.8) is 0 Å². The molecule has 122 valence electrons. The first kappa shape index (κ1) is 16.9. The minimum absolute atomic E-state index is 0.0665. The van der Waals surface area contributed by atoms with Crippen molar-refractivity contribution in [3.05, 3.63) is 57.8 Å². The van der Waals surface area contributed by atoms with E-state index < -0.39 is 0 Å². The number of halogens is 2. The zero-order chi connectivity index (χ0) is 17.8. The lowest BCUT2D eigenvalue weighted by atomic mass is 10.1. The fraction of sp³-hybridized carbons (Fsp3) is 0.0526. The van der Waals surface area contributed by atoms with E-state index in [0.29, 0.717) is 32.8 Å². The summed E-state index contributed by atoms with van der Waals surface area (Å²) in [6.45, 7) is 0.0665. The number of ether oxygens (including phenoxy) is 1. The van der Waals surface area contributed by atoms with Crippen molar-refractivity contribution < 1.29 is 4.74 Å². The van der Waals surface area contributed by atoms with Crippen molar-refractivity contribution in [1.82, 2.24) is 9.97 Å². The highest BCUT2D eigenvalue weighted by Gasteiger charge is 2.11. The van der Waals surface area contributed by atoms with Crippen LogP contribution in [0.5, 0.6) is 5.75 Å². The topological polar surface area (TPSA) is 61.7 Å². The van der Waals surface area contributed by atoms with Gasteiger partial charge in [-0.3, -0.25) is 0 Å². The number of aromatic nitrogens is 2. The summed E-state index contributed by atoms with van der Waals surface area (Å²) in [5, 5.41) is 10.1. The lowest BCUT2D eigenvalue weighted by Crippen LogP contribution is -1.95. The van der Waals surface area contributed by atoms with E-state index in [2.05, 4.69) is 22.0 Å². The first-order valence-electron chi connectivity index (χ1n) is 7.24. The zero-order valence-electron chi connectivity index (χ0n) is 12.9. The Bertz CT molecular complexity index is 998. The van der Waals surface area contributed by atoms with Gasteiger partial charge in [0.25, 0.3) is 0 Å². The standard InChI is InChI=1S/C19H11Cl2N3O/c1-2-7-25-18-14(20)9-12(10-15(18)21)8-13(11-22)19-23-16-5-3-4-6-17(16)24-19/h1,3-6,8-10H,7H2,(H,23,24)/b13-8+. The average Bonchev–Trinajstić information content (AvgIpc) is 3.03. The molecule has 0 fully saturated rings. The molecule has 0 atom stereocenters. The average molecular weight is 368 g/mol. The SMILES string of the molecule is C#CCOc1c(Cl)cc(/C=C(\C#N)c2nc3ccccc3[nH]2)cc1Cl. The highest BCUT2D eigenvalue weighted by molar-refractivity contribution is 6.37. The number of terminal acetylenes is 1. The molecule has 0 amide bonds. The maximum Gasteiger partial charge on any atom is 0.157 e. The van der Waals surface area contributed by atoms with E-state index in [1.807, 2.05) is 24.3 Å². The molecule has 25 heavy (non-hydrogen) atoms. The predicted molar refractivity (Wildman–Crippen MR) is 100 cm³/mol. The van der Waals surface area contributed by atoms with Crippen LogP contribution in [0.4, 0.5) is 0 Å². The van der Waals surface area contributed by atoms with Crippen LogP contribution < -0.4 is 4.74 Å². The number of fused-ring (bicyclic) bond motifs is 1. The van der Waals surface area contributed by atoms with Gasteiger partial charge in [0.15, 0.2) is 5.75 Å². The van der Waals surface area contributed by atoms with Gasteiger partial charge in [0, 0.05) is 0 Å². The maximum absolute atomic E-state index is 9.48. The van der Waals surface area contributed by atoms with E-state index in [1.165, 1.54) is 0 Å². The molecule has 4 nitrogen and oxygen atoms in total. The second kappa shape index (κ2) is 7.32. The third-order valence-corrected chi connectivity index (χ3v) is 3.96. The Labute approximate surface area is 154 Å². The monoisotopic (exact) mass is 367 g/mol. The molecule has 0 bridgehead atoms. The van der Waals surface area contributed by atoms with Gasteiger partial charge in [-0.25, -0.2) is 4.98 Å². The molecule has 0 aliphatic carbocycles. The van der Waals surface area contributed by atoms with E-state index in [1.54, 1.807) is 18.2 Å².